The summed E-state index contributed by atoms with van der Waals surface area (Å²) in [6.45, 7) is 2.50. The van der Waals surface area contributed by atoms with Crippen molar-refractivity contribution in [2.75, 3.05) is 6.54 Å². The van der Waals surface area contributed by atoms with Crippen LogP contribution in [-0.4, -0.2) is 27.0 Å². The number of rotatable bonds is 2. The number of aryl methyl sites for hydroxylation is 1. The minimum absolute atomic E-state index is 0.491. The summed E-state index contributed by atoms with van der Waals surface area (Å²) in [5.74, 6) is 0. The van der Waals surface area contributed by atoms with Gasteiger partial charge in [0.2, 0.25) is 0 Å². The summed E-state index contributed by atoms with van der Waals surface area (Å²) in [6.07, 6.45) is 5.55. The van der Waals surface area contributed by atoms with Gasteiger partial charge in [0.25, 0.3) is 0 Å². The highest BCUT2D eigenvalue weighted by Crippen LogP contribution is 2.31. The first kappa shape index (κ1) is 11.7. The van der Waals surface area contributed by atoms with Gasteiger partial charge in [0.05, 0.1) is 6.54 Å². The lowest BCUT2D eigenvalue weighted by atomic mass is 9.98. The van der Waals surface area contributed by atoms with E-state index in [1.807, 2.05) is 49.4 Å². The van der Waals surface area contributed by atoms with Gasteiger partial charge in [0, 0.05) is 23.0 Å². The van der Waals surface area contributed by atoms with Gasteiger partial charge in [-0.1, -0.05) is 36.4 Å². The Hall–Kier alpha value is -2.33. The molecule has 2 N–H and O–H groups in total. The van der Waals surface area contributed by atoms with Crippen molar-refractivity contribution in [1.82, 2.24) is 15.3 Å². The Morgan fingerprint density at radius 1 is 1.26 bits per heavy atom. The maximum Gasteiger partial charge on any atom is 0.100 e. The molecule has 2 heterocycles. The summed E-state index contributed by atoms with van der Waals surface area (Å²) in [5.41, 5.74) is 5.23. The van der Waals surface area contributed by atoms with E-state index in [2.05, 4.69) is 10.2 Å². The number of allylic oxidation sites excluding steroid dienone is 2. The van der Waals surface area contributed by atoms with Gasteiger partial charge < -0.3 is 0 Å². The lowest BCUT2D eigenvalue weighted by Gasteiger charge is -2.15. The fraction of sp³-hybridized carbons (Fsp3) is 0.133. The molecule has 0 bridgehead atoms. The van der Waals surface area contributed by atoms with E-state index in [0.29, 0.717) is 6.54 Å². The zero-order valence-corrected chi connectivity index (χ0v) is 10.7. The maximum atomic E-state index is 9.36. The zero-order chi connectivity index (χ0) is 13.2. The van der Waals surface area contributed by atoms with Gasteiger partial charge in [0.15, 0.2) is 0 Å². The molecular weight excluding hydrogens is 238 g/mol. The molecule has 0 saturated carbocycles. The third-order valence-corrected chi connectivity index (χ3v) is 3.21. The number of nitrogens with one attached hydrogen (secondary N) is 1. The quantitative estimate of drug-likeness (QED) is 0.865. The van der Waals surface area contributed by atoms with Crippen LogP contribution in [0.15, 0.2) is 48.7 Å². The Morgan fingerprint density at radius 2 is 2.05 bits per heavy atom. The smallest absolute Gasteiger partial charge is 0.100 e. The van der Waals surface area contributed by atoms with Gasteiger partial charge >= 0.3 is 0 Å². The molecule has 3 rings (SSSR count). The third kappa shape index (κ3) is 2.18. The molecule has 0 unspecified atom stereocenters. The van der Waals surface area contributed by atoms with Crippen LogP contribution in [0.1, 0.15) is 11.3 Å². The van der Waals surface area contributed by atoms with Crippen molar-refractivity contribution in [2.24, 2.45) is 0 Å². The van der Waals surface area contributed by atoms with Crippen LogP contribution in [-0.2, 0) is 0 Å². The lowest BCUT2D eigenvalue weighted by molar-refractivity contribution is -0.0299. The molecule has 1 aromatic heterocycles. The zero-order valence-electron chi connectivity index (χ0n) is 10.7. The number of hydroxylamine groups is 2. The minimum Gasteiger partial charge on any atom is -0.289 e. The fourth-order valence-corrected chi connectivity index (χ4v) is 2.26. The molecule has 0 aliphatic carbocycles. The summed E-state index contributed by atoms with van der Waals surface area (Å²) in [7, 11) is 0. The SMILES string of the molecule is Cc1[nH]nc(-c2ccccc2)c1C1=CCN(O)C=C1. The van der Waals surface area contributed by atoms with E-state index in [1.54, 1.807) is 6.20 Å². The lowest BCUT2D eigenvalue weighted by Crippen LogP contribution is -2.14. The molecule has 19 heavy (non-hydrogen) atoms. The van der Waals surface area contributed by atoms with Crippen molar-refractivity contribution in [2.45, 2.75) is 6.92 Å². The minimum atomic E-state index is 0.491. The van der Waals surface area contributed by atoms with Crippen LogP contribution in [0.3, 0.4) is 0 Å². The average Bonchev–Trinajstić information content (AvgIpc) is 2.83. The largest absolute Gasteiger partial charge is 0.289 e. The molecule has 4 heteroatoms. The highest BCUT2D eigenvalue weighted by atomic mass is 16.5. The van der Waals surface area contributed by atoms with Crippen LogP contribution in [0.5, 0.6) is 0 Å². The summed E-state index contributed by atoms with van der Waals surface area (Å²) in [5, 5.41) is 18.0. The highest BCUT2D eigenvalue weighted by molar-refractivity contribution is 5.85. The predicted molar refractivity (Wildman–Crippen MR) is 74.4 cm³/mol. The summed E-state index contributed by atoms with van der Waals surface area (Å²) in [4.78, 5) is 0. The number of benzene rings is 1. The molecule has 4 nitrogen and oxygen atoms in total. The molecule has 0 spiro atoms. The Morgan fingerprint density at radius 3 is 2.74 bits per heavy atom. The first-order chi connectivity index (χ1) is 9.25. The van der Waals surface area contributed by atoms with E-state index in [-0.39, 0.29) is 0 Å². The molecule has 0 saturated heterocycles. The van der Waals surface area contributed by atoms with Crippen LogP contribution in [0, 0.1) is 6.92 Å². The molecule has 0 fully saturated rings. The van der Waals surface area contributed by atoms with Crippen molar-refractivity contribution >= 4 is 5.57 Å². The molecule has 1 aliphatic heterocycles. The topological polar surface area (TPSA) is 52.2 Å². The van der Waals surface area contributed by atoms with Crippen LogP contribution >= 0.6 is 0 Å². The molecule has 0 atom stereocenters. The van der Waals surface area contributed by atoms with Gasteiger partial charge in [-0.3, -0.25) is 15.4 Å². The van der Waals surface area contributed by atoms with Crippen molar-refractivity contribution in [3.63, 3.8) is 0 Å². The van der Waals surface area contributed by atoms with E-state index >= 15 is 0 Å². The van der Waals surface area contributed by atoms with Crippen molar-refractivity contribution in [3.8, 4) is 11.3 Å². The van der Waals surface area contributed by atoms with Crippen LogP contribution in [0.4, 0.5) is 0 Å². The predicted octanol–water partition coefficient (Wildman–Crippen LogP) is 2.99. The Bertz CT molecular complexity index is 641. The number of nitrogens with zero attached hydrogens (tertiary/aromatic N) is 2. The highest BCUT2D eigenvalue weighted by Gasteiger charge is 2.16. The second-order valence-corrected chi connectivity index (χ2v) is 4.54. The van der Waals surface area contributed by atoms with Gasteiger partial charge in [-0.2, -0.15) is 5.10 Å². The average molecular weight is 253 g/mol. The van der Waals surface area contributed by atoms with E-state index < -0.39 is 0 Å². The summed E-state index contributed by atoms with van der Waals surface area (Å²) >= 11 is 0. The van der Waals surface area contributed by atoms with E-state index in [0.717, 1.165) is 33.2 Å². The van der Waals surface area contributed by atoms with Crippen LogP contribution < -0.4 is 0 Å². The van der Waals surface area contributed by atoms with Crippen LogP contribution in [0.25, 0.3) is 16.8 Å². The molecule has 2 aromatic rings. The number of hydrogen-bond acceptors (Lipinski definition) is 3. The third-order valence-electron chi connectivity index (χ3n) is 3.21. The van der Waals surface area contributed by atoms with E-state index in [9.17, 15) is 5.21 Å². The van der Waals surface area contributed by atoms with E-state index in [1.165, 1.54) is 0 Å². The Kier molecular flexibility index (Phi) is 2.93. The number of H-pyrrole nitrogens is 1. The van der Waals surface area contributed by atoms with Crippen molar-refractivity contribution in [1.29, 1.82) is 0 Å². The summed E-state index contributed by atoms with van der Waals surface area (Å²) < 4.78 is 0. The molecule has 0 radical (unpaired) electrons. The van der Waals surface area contributed by atoms with E-state index in [4.69, 9.17) is 0 Å². The van der Waals surface area contributed by atoms with Gasteiger partial charge in [-0.05, 0) is 18.6 Å². The number of aromatic amines is 1. The molecule has 96 valence electrons. The first-order valence-electron chi connectivity index (χ1n) is 6.20. The monoisotopic (exact) mass is 253 g/mol. The van der Waals surface area contributed by atoms with Crippen molar-refractivity contribution in [3.05, 3.63) is 59.9 Å². The second kappa shape index (κ2) is 4.74. The second-order valence-electron chi connectivity index (χ2n) is 4.54. The standard InChI is InChI=1S/C15H15N3O/c1-11-14(12-7-9-18(19)10-8-12)15(17-16-11)13-5-3-2-4-6-13/h2-9,19H,10H2,1H3,(H,16,17). The Labute approximate surface area is 111 Å². The fourth-order valence-electron chi connectivity index (χ4n) is 2.26. The maximum absolute atomic E-state index is 9.36. The van der Waals surface area contributed by atoms with Gasteiger partial charge in [-0.25, -0.2) is 0 Å². The van der Waals surface area contributed by atoms with Crippen LogP contribution in [0.2, 0.25) is 0 Å². The molecule has 0 amide bonds. The number of aromatic nitrogens is 2. The normalized spacial score (nSPS) is 14.6. The van der Waals surface area contributed by atoms with Gasteiger partial charge in [-0.15, -0.1) is 0 Å². The summed E-state index contributed by atoms with van der Waals surface area (Å²) in [6, 6.07) is 10.1. The van der Waals surface area contributed by atoms with Gasteiger partial charge in [0.1, 0.15) is 5.69 Å². The molecule has 1 aliphatic rings. The number of hydrogen-bond donors (Lipinski definition) is 2. The molecular formula is C15H15N3O. The first-order valence-corrected chi connectivity index (χ1v) is 6.20. The molecule has 1 aromatic carbocycles. The van der Waals surface area contributed by atoms with Crippen molar-refractivity contribution < 1.29 is 5.21 Å². The Balaban J connectivity index is 2.08.